The van der Waals surface area contributed by atoms with E-state index in [9.17, 15) is 4.79 Å². The van der Waals surface area contributed by atoms with Crippen molar-refractivity contribution in [2.45, 2.75) is 9.92 Å². The van der Waals surface area contributed by atoms with Gasteiger partial charge in [0.1, 0.15) is 5.03 Å². The van der Waals surface area contributed by atoms with Gasteiger partial charge in [0.25, 0.3) is 5.91 Å². The van der Waals surface area contributed by atoms with E-state index in [0.29, 0.717) is 11.3 Å². The topological polar surface area (TPSA) is 59.2 Å². The van der Waals surface area contributed by atoms with Crippen molar-refractivity contribution >= 4 is 39.3 Å². The van der Waals surface area contributed by atoms with Crippen molar-refractivity contribution in [3.63, 3.8) is 0 Å². The van der Waals surface area contributed by atoms with Crippen molar-refractivity contribution in [2.24, 2.45) is 0 Å². The SMILES string of the molecule is CN(C)C(=O)c1ccc(N)cc1Sc1ncccc1Br. The van der Waals surface area contributed by atoms with Crippen LogP contribution in [-0.4, -0.2) is 29.9 Å². The minimum absolute atomic E-state index is 0.0560. The number of halogens is 1. The fourth-order valence-corrected chi connectivity index (χ4v) is 3.04. The van der Waals surface area contributed by atoms with Gasteiger partial charge in [-0.2, -0.15) is 0 Å². The van der Waals surface area contributed by atoms with Gasteiger partial charge in [-0.1, -0.05) is 11.8 Å². The number of rotatable bonds is 3. The summed E-state index contributed by atoms with van der Waals surface area (Å²) in [7, 11) is 3.45. The molecule has 0 aliphatic rings. The maximum atomic E-state index is 12.2. The van der Waals surface area contributed by atoms with Gasteiger partial charge in [0.2, 0.25) is 0 Å². The van der Waals surface area contributed by atoms with E-state index in [1.807, 2.05) is 12.1 Å². The van der Waals surface area contributed by atoms with E-state index in [1.165, 1.54) is 11.8 Å². The lowest BCUT2D eigenvalue weighted by atomic mass is 10.2. The van der Waals surface area contributed by atoms with Gasteiger partial charge >= 0.3 is 0 Å². The van der Waals surface area contributed by atoms with Crippen LogP contribution < -0.4 is 5.73 Å². The number of benzene rings is 1. The molecule has 0 atom stereocenters. The predicted molar refractivity (Wildman–Crippen MR) is 84.9 cm³/mol. The van der Waals surface area contributed by atoms with Crippen LogP contribution in [0.3, 0.4) is 0 Å². The second-order valence-corrected chi connectivity index (χ2v) is 6.23. The Morgan fingerprint density at radius 2 is 2.10 bits per heavy atom. The third-order valence-electron chi connectivity index (χ3n) is 2.57. The van der Waals surface area contributed by atoms with E-state index in [0.717, 1.165) is 14.4 Å². The third kappa shape index (κ3) is 3.32. The highest BCUT2D eigenvalue weighted by atomic mass is 79.9. The molecule has 0 fully saturated rings. The lowest BCUT2D eigenvalue weighted by molar-refractivity contribution is 0.0824. The quantitative estimate of drug-likeness (QED) is 0.862. The molecule has 104 valence electrons. The molecule has 0 saturated heterocycles. The smallest absolute Gasteiger partial charge is 0.254 e. The first-order valence-electron chi connectivity index (χ1n) is 5.88. The van der Waals surface area contributed by atoms with Crippen molar-refractivity contribution in [1.29, 1.82) is 0 Å². The van der Waals surface area contributed by atoms with Crippen LogP contribution in [0.25, 0.3) is 0 Å². The van der Waals surface area contributed by atoms with Crippen molar-refractivity contribution in [3.05, 3.63) is 46.6 Å². The molecule has 2 aromatic rings. The van der Waals surface area contributed by atoms with Crippen LogP contribution in [0.15, 0.2) is 50.9 Å². The molecule has 0 radical (unpaired) electrons. The average molecular weight is 352 g/mol. The van der Waals surface area contributed by atoms with Crippen LogP contribution in [0.5, 0.6) is 0 Å². The van der Waals surface area contributed by atoms with Crippen LogP contribution in [0.2, 0.25) is 0 Å². The molecular formula is C14H14BrN3OS. The van der Waals surface area contributed by atoms with Crippen molar-refractivity contribution in [1.82, 2.24) is 9.88 Å². The Morgan fingerprint density at radius 1 is 1.35 bits per heavy atom. The third-order valence-corrected chi connectivity index (χ3v) is 4.55. The Morgan fingerprint density at radius 3 is 2.75 bits per heavy atom. The van der Waals surface area contributed by atoms with E-state index < -0.39 is 0 Å². The molecular weight excluding hydrogens is 338 g/mol. The standard InChI is InChI=1S/C14H14BrN3OS/c1-18(2)14(19)10-6-5-9(16)8-12(10)20-13-11(15)4-3-7-17-13/h3-8H,16H2,1-2H3. The molecule has 1 amide bonds. The van der Waals surface area contributed by atoms with Gasteiger partial charge in [-0.25, -0.2) is 4.98 Å². The second kappa shape index (κ2) is 6.28. The summed E-state index contributed by atoms with van der Waals surface area (Å²) in [5.74, 6) is -0.0560. The molecule has 2 N–H and O–H groups in total. The number of pyridine rings is 1. The Balaban J connectivity index is 2.43. The summed E-state index contributed by atoms with van der Waals surface area (Å²) in [6.45, 7) is 0. The highest BCUT2D eigenvalue weighted by Gasteiger charge is 2.15. The molecule has 4 nitrogen and oxygen atoms in total. The fraction of sp³-hybridized carbons (Fsp3) is 0.143. The second-order valence-electron chi connectivity index (χ2n) is 4.35. The Hall–Kier alpha value is -1.53. The van der Waals surface area contributed by atoms with E-state index in [4.69, 9.17) is 5.73 Å². The van der Waals surface area contributed by atoms with Gasteiger partial charge in [0.05, 0.1) is 10.0 Å². The molecule has 0 saturated carbocycles. The summed E-state index contributed by atoms with van der Waals surface area (Å²) >= 11 is 4.87. The summed E-state index contributed by atoms with van der Waals surface area (Å²) in [6.07, 6.45) is 1.72. The lowest BCUT2D eigenvalue weighted by Gasteiger charge is -2.14. The molecule has 0 unspecified atom stereocenters. The number of nitrogens with zero attached hydrogens (tertiary/aromatic N) is 2. The molecule has 0 spiro atoms. The number of nitrogen functional groups attached to an aromatic ring is 1. The lowest BCUT2D eigenvalue weighted by Crippen LogP contribution is -2.22. The van der Waals surface area contributed by atoms with Gasteiger partial charge < -0.3 is 10.6 Å². The zero-order valence-corrected chi connectivity index (χ0v) is 13.5. The number of aromatic nitrogens is 1. The Bertz CT molecular complexity index is 646. The fourth-order valence-electron chi connectivity index (χ4n) is 1.59. The first-order chi connectivity index (χ1) is 9.49. The molecule has 1 aromatic heterocycles. The zero-order valence-electron chi connectivity index (χ0n) is 11.1. The van der Waals surface area contributed by atoms with Gasteiger partial charge in [-0.3, -0.25) is 4.79 Å². The Labute approximate surface area is 130 Å². The summed E-state index contributed by atoms with van der Waals surface area (Å²) in [6, 6.07) is 9.03. The highest BCUT2D eigenvalue weighted by molar-refractivity contribution is 9.10. The molecule has 0 aliphatic heterocycles. The number of nitrogens with two attached hydrogens (primary N) is 1. The van der Waals surface area contributed by atoms with Gasteiger partial charge in [0, 0.05) is 30.9 Å². The largest absolute Gasteiger partial charge is 0.399 e. The van der Waals surface area contributed by atoms with E-state index in [2.05, 4.69) is 20.9 Å². The number of amides is 1. The minimum Gasteiger partial charge on any atom is -0.399 e. The number of hydrogen-bond donors (Lipinski definition) is 1. The maximum Gasteiger partial charge on any atom is 0.254 e. The molecule has 6 heteroatoms. The molecule has 2 rings (SSSR count). The van der Waals surface area contributed by atoms with Gasteiger partial charge in [-0.05, 0) is 46.3 Å². The van der Waals surface area contributed by atoms with Crippen molar-refractivity contribution in [3.8, 4) is 0 Å². The van der Waals surface area contributed by atoms with Gasteiger partial charge in [-0.15, -0.1) is 0 Å². The summed E-state index contributed by atoms with van der Waals surface area (Å²) < 4.78 is 0.885. The van der Waals surface area contributed by atoms with Crippen molar-refractivity contribution in [2.75, 3.05) is 19.8 Å². The number of carbonyl (C=O) groups excluding carboxylic acids is 1. The normalized spacial score (nSPS) is 10.3. The minimum atomic E-state index is -0.0560. The summed E-state index contributed by atoms with van der Waals surface area (Å²) in [5.41, 5.74) is 7.06. The molecule has 0 aliphatic carbocycles. The van der Waals surface area contributed by atoms with Crippen molar-refractivity contribution < 1.29 is 4.79 Å². The molecule has 1 aromatic carbocycles. The average Bonchev–Trinajstić information content (AvgIpc) is 2.41. The number of anilines is 1. The maximum absolute atomic E-state index is 12.2. The van der Waals surface area contributed by atoms with E-state index >= 15 is 0 Å². The first-order valence-corrected chi connectivity index (χ1v) is 7.49. The summed E-state index contributed by atoms with van der Waals surface area (Å²) in [5, 5.41) is 0.797. The van der Waals surface area contributed by atoms with Crippen LogP contribution >= 0.6 is 27.7 Å². The number of hydrogen-bond acceptors (Lipinski definition) is 4. The zero-order chi connectivity index (χ0) is 14.7. The highest BCUT2D eigenvalue weighted by Crippen LogP contribution is 2.34. The van der Waals surface area contributed by atoms with E-state index in [1.54, 1.807) is 43.4 Å². The van der Waals surface area contributed by atoms with Gasteiger partial charge in [0.15, 0.2) is 0 Å². The van der Waals surface area contributed by atoms with Crippen LogP contribution in [-0.2, 0) is 0 Å². The summed E-state index contributed by atoms with van der Waals surface area (Å²) in [4.78, 5) is 18.8. The molecule has 1 heterocycles. The molecule has 0 bridgehead atoms. The van der Waals surface area contributed by atoms with E-state index in [-0.39, 0.29) is 5.91 Å². The molecule has 20 heavy (non-hydrogen) atoms. The predicted octanol–water partition coefficient (Wildman–Crippen LogP) is 3.28. The Kier molecular flexibility index (Phi) is 4.67. The monoisotopic (exact) mass is 351 g/mol. The number of carbonyl (C=O) groups is 1. The van der Waals surface area contributed by atoms with Crippen LogP contribution in [0.1, 0.15) is 10.4 Å². The first kappa shape index (κ1) is 14.9. The van der Waals surface area contributed by atoms with Crippen LogP contribution in [0, 0.1) is 0 Å². The van der Waals surface area contributed by atoms with Crippen LogP contribution in [0.4, 0.5) is 5.69 Å².